The maximum atomic E-state index is 12.9. The third kappa shape index (κ3) is 2.42. The van der Waals surface area contributed by atoms with Gasteiger partial charge in [-0.2, -0.15) is 4.57 Å². The fraction of sp³-hybridized carbons (Fsp3) is 0.438. The van der Waals surface area contributed by atoms with Crippen molar-refractivity contribution < 1.29 is 41.0 Å². The molecule has 7 aliphatic rings. The van der Waals surface area contributed by atoms with Crippen LogP contribution in [0.5, 0.6) is 28.9 Å². The Hall–Kier alpha value is -2.23. The summed E-state index contributed by atoms with van der Waals surface area (Å²) in [6.07, 6.45) is 0.461. The van der Waals surface area contributed by atoms with E-state index in [2.05, 4.69) is 10.3 Å². The van der Waals surface area contributed by atoms with Crippen molar-refractivity contribution in [3.8, 4) is 28.9 Å². The zero-order valence-corrected chi connectivity index (χ0v) is 17.7. The Morgan fingerprint density at radius 1 is 1.13 bits per heavy atom. The highest BCUT2D eigenvalue weighted by atomic mass is 31.2. The number of ether oxygens (including phenoxy) is 1. The van der Waals surface area contributed by atoms with Gasteiger partial charge < -0.3 is 33.9 Å². The van der Waals surface area contributed by atoms with E-state index in [1.807, 2.05) is 6.92 Å². The normalized spacial score (nSPS) is 29.8. The first-order valence-electron chi connectivity index (χ1n) is 9.27. The molecule has 30 heavy (non-hydrogen) atoms. The Bertz CT molecular complexity index is 1210. The lowest BCUT2D eigenvalue weighted by molar-refractivity contribution is -0.117. The van der Waals surface area contributed by atoms with Crippen LogP contribution in [0.2, 0.25) is 0 Å². The van der Waals surface area contributed by atoms with Crippen molar-refractivity contribution in [2.75, 3.05) is 19.0 Å². The van der Waals surface area contributed by atoms with Crippen LogP contribution in [0.15, 0.2) is 0 Å². The van der Waals surface area contributed by atoms with Gasteiger partial charge in [-0.3, -0.25) is 0 Å². The molecule has 160 valence electrons. The molecule has 14 heteroatoms. The number of fused-ring (bicyclic) bond motifs is 1. The molecule has 0 spiro atoms. The van der Waals surface area contributed by atoms with Gasteiger partial charge in [0.25, 0.3) is 5.88 Å². The van der Waals surface area contributed by atoms with Crippen molar-refractivity contribution in [3.63, 3.8) is 0 Å². The SMILES string of the molecule is COc1c2c(NCCCC(C)N)c3nc4c5c(c3c1OP(=O)(O4)O5)C1OP(=O)(O2)O1. The van der Waals surface area contributed by atoms with Crippen molar-refractivity contribution in [2.24, 2.45) is 5.73 Å². The van der Waals surface area contributed by atoms with Crippen molar-refractivity contribution in [1.82, 2.24) is 4.98 Å². The van der Waals surface area contributed by atoms with Crippen LogP contribution in [-0.2, 0) is 18.2 Å². The number of hydrogen-bond donors (Lipinski definition) is 2. The van der Waals surface area contributed by atoms with E-state index in [1.54, 1.807) is 0 Å². The Labute approximate surface area is 170 Å². The van der Waals surface area contributed by atoms with Crippen LogP contribution in [0.4, 0.5) is 5.69 Å². The molecule has 3 N–H and O–H groups in total. The quantitative estimate of drug-likeness (QED) is 0.482. The van der Waals surface area contributed by atoms with Gasteiger partial charge in [-0.25, -0.2) is 18.6 Å². The number of phosphoric ester groups is 2. The van der Waals surface area contributed by atoms with E-state index in [-0.39, 0.29) is 34.9 Å². The minimum Gasteiger partial charge on any atom is -0.490 e. The van der Waals surface area contributed by atoms with E-state index in [9.17, 15) is 9.13 Å². The van der Waals surface area contributed by atoms with E-state index >= 15 is 0 Å². The summed E-state index contributed by atoms with van der Waals surface area (Å²) in [4.78, 5) is 4.48. The lowest BCUT2D eigenvalue weighted by Crippen LogP contribution is -2.20. The zero-order chi connectivity index (χ0) is 20.8. The number of rotatable bonds is 6. The molecule has 1 fully saturated rings. The summed E-state index contributed by atoms with van der Waals surface area (Å²) in [6.45, 7) is 2.45. The Kier molecular flexibility index (Phi) is 3.66. The Morgan fingerprint density at radius 3 is 2.60 bits per heavy atom. The van der Waals surface area contributed by atoms with E-state index in [0.717, 1.165) is 12.8 Å². The maximum Gasteiger partial charge on any atom is 0.648 e. The number of nitrogens with zero attached hydrogens (tertiary/aromatic N) is 1. The number of hydrogen-bond acceptors (Lipinski definition) is 12. The first-order chi connectivity index (χ1) is 14.3. The highest BCUT2D eigenvalue weighted by Gasteiger charge is 2.58. The minimum absolute atomic E-state index is 0.0111. The molecular weight excluding hydrogens is 440 g/mol. The molecule has 0 amide bonds. The zero-order valence-electron chi connectivity index (χ0n) is 15.9. The summed E-state index contributed by atoms with van der Waals surface area (Å²) in [5, 5.41) is 3.65. The van der Waals surface area contributed by atoms with Crippen LogP contribution < -0.4 is 33.9 Å². The molecule has 0 aliphatic carbocycles. The Morgan fingerprint density at radius 2 is 1.87 bits per heavy atom. The molecule has 9 rings (SSSR count). The van der Waals surface area contributed by atoms with Crippen molar-refractivity contribution in [1.29, 1.82) is 0 Å². The van der Waals surface area contributed by atoms with Gasteiger partial charge in [0, 0.05) is 12.6 Å². The average Bonchev–Trinajstić information content (AvgIpc) is 2.96. The van der Waals surface area contributed by atoms with Crippen LogP contribution in [-0.4, -0.2) is 24.7 Å². The standard InChI is InChI=1S/C16H17N3O9P2/c1-6(17)4-3-5-18-10-9-7-8-12-15(19-9)26-29(20,24-12)23-11(7)14(22-2)13(10)25-30(21)27-16(8)28-30/h6,16,18H,3-5,17H2,1-2H3. The second-order valence-electron chi connectivity index (χ2n) is 7.30. The summed E-state index contributed by atoms with van der Waals surface area (Å²) in [6, 6.07) is 0.0507. The van der Waals surface area contributed by atoms with Gasteiger partial charge in [0.2, 0.25) is 23.5 Å². The molecular formula is C16H17N3O9P2. The van der Waals surface area contributed by atoms with Gasteiger partial charge in [0.05, 0.1) is 18.1 Å². The van der Waals surface area contributed by atoms with E-state index < -0.39 is 21.9 Å². The predicted molar refractivity (Wildman–Crippen MR) is 102 cm³/mol. The maximum absolute atomic E-state index is 12.9. The molecule has 12 nitrogen and oxygen atoms in total. The summed E-state index contributed by atoms with van der Waals surface area (Å²) in [5.41, 5.74) is 6.90. The van der Waals surface area contributed by atoms with Crippen molar-refractivity contribution >= 4 is 32.2 Å². The fourth-order valence-electron chi connectivity index (χ4n) is 3.84. The van der Waals surface area contributed by atoms with Gasteiger partial charge in [-0.05, 0) is 19.8 Å². The molecule has 2 aromatic rings. The van der Waals surface area contributed by atoms with Gasteiger partial charge in [-0.15, -0.1) is 0 Å². The molecule has 7 aliphatic heterocycles. The lowest BCUT2D eigenvalue weighted by Gasteiger charge is -2.32. The number of aromatic nitrogens is 1. The van der Waals surface area contributed by atoms with E-state index in [4.69, 9.17) is 37.6 Å². The monoisotopic (exact) mass is 457 g/mol. The molecule has 1 saturated heterocycles. The average molecular weight is 457 g/mol. The van der Waals surface area contributed by atoms with Gasteiger partial charge in [0.1, 0.15) is 11.2 Å². The number of nitrogens with two attached hydrogens (primary N) is 1. The summed E-state index contributed by atoms with van der Waals surface area (Å²) in [7, 11) is -6.55. The molecule has 1 aromatic carbocycles. The molecule has 1 aromatic heterocycles. The van der Waals surface area contributed by atoms with Crippen LogP contribution >= 0.6 is 15.6 Å². The minimum atomic E-state index is -4.02. The smallest absolute Gasteiger partial charge is 0.490 e. The molecule has 8 heterocycles. The summed E-state index contributed by atoms with van der Waals surface area (Å²) >= 11 is 0. The summed E-state index contributed by atoms with van der Waals surface area (Å²) in [5.74, 6) is 0.117. The number of phosphoric acid groups is 2. The molecule has 0 saturated carbocycles. The van der Waals surface area contributed by atoms with E-state index in [0.29, 0.717) is 28.7 Å². The third-order valence-electron chi connectivity index (χ3n) is 5.10. The largest absolute Gasteiger partial charge is 0.648 e. The van der Waals surface area contributed by atoms with E-state index in [1.165, 1.54) is 7.11 Å². The summed E-state index contributed by atoms with van der Waals surface area (Å²) < 4.78 is 64.2. The number of methoxy groups -OCH3 is 1. The molecule has 9 bridgehead atoms. The van der Waals surface area contributed by atoms with Crippen molar-refractivity contribution in [2.45, 2.75) is 32.1 Å². The number of benzene rings is 1. The van der Waals surface area contributed by atoms with Gasteiger partial charge >= 0.3 is 15.6 Å². The second-order valence-corrected chi connectivity index (χ2v) is 10.2. The van der Waals surface area contributed by atoms with Crippen LogP contribution in [0.25, 0.3) is 10.9 Å². The van der Waals surface area contributed by atoms with Crippen molar-refractivity contribution in [3.05, 3.63) is 5.56 Å². The van der Waals surface area contributed by atoms with Crippen LogP contribution in [0, 0.1) is 0 Å². The highest BCUT2D eigenvalue weighted by Crippen LogP contribution is 2.75. The third-order valence-corrected chi connectivity index (χ3v) is 7.61. The highest BCUT2D eigenvalue weighted by molar-refractivity contribution is 7.50. The van der Waals surface area contributed by atoms with Gasteiger partial charge in [-0.1, -0.05) is 0 Å². The number of nitrogens with one attached hydrogen (secondary N) is 1. The van der Waals surface area contributed by atoms with Gasteiger partial charge in [0.15, 0.2) is 5.75 Å². The predicted octanol–water partition coefficient (Wildman–Crippen LogP) is 3.60. The first-order valence-corrected chi connectivity index (χ1v) is 12.2. The molecule has 2 atom stereocenters. The fourth-order valence-corrected chi connectivity index (χ4v) is 6.26. The van der Waals surface area contributed by atoms with Crippen LogP contribution in [0.1, 0.15) is 31.6 Å². The van der Waals surface area contributed by atoms with Crippen LogP contribution in [0.3, 0.4) is 0 Å². The molecule has 0 radical (unpaired) electrons. The second kappa shape index (κ2) is 5.93. The first kappa shape index (κ1) is 18.5. The molecule has 2 unspecified atom stereocenters. The Balaban J connectivity index is 1.63. The number of pyridine rings is 1. The number of anilines is 1. The lowest BCUT2D eigenvalue weighted by atomic mass is 10.0. The topological polar surface area (TPSA) is 150 Å².